The molecule has 0 aliphatic carbocycles. The number of hydrogen-bond acceptors (Lipinski definition) is 0. The normalized spacial score (nSPS) is 9.68. The molecule has 0 bridgehead atoms. The molecule has 2 heteroatoms. The maximum Gasteiger partial charge on any atom is 0 e. The van der Waals surface area contributed by atoms with E-state index in [2.05, 4.69) is 76.6 Å². The summed E-state index contributed by atoms with van der Waals surface area (Å²) in [5, 5.41) is 2.57. The van der Waals surface area contributed by atoms with E-state index < -0.39 is 0 Å². The Morgan fingerprint density at radius 2 is 1.32 bits per heavy atom. The molecule has 0 amide bonds. The first-order valence-electron chi connectivity index (χ1n) is 6.92. The molecule has 0 nitrogen and oxygen atoms in total. The molecule has 0 spiro atoms. The molecule has 116 valence electrons. The second-order valence-electron chi connectivity index (χ2n) is 4.78. The van der Waals surface area contributed by atoms with Crippen LogP contribution < -0.4 is 0 Å². The Morgan fingerprint density at radius 1 is 0.727 bits per heavy atom. The van der Waals surface area contributed by atoms with E-state index in [4.69, 9.17) is 0 Å². The van der Waals surface area contributed by atoms with Crippen LogP contribution >= 0.6 is 15.9 Å². The summed E-state index contributed by atoms with van der Waals surface area (Å²) in [6.07, 6.45) is 0. The molecule has 0 aliphatic rings. The van der Waals surface area contributed by atoms with Crippen LogP contribution in [0, 0.1) is 0 Å². The summed E-state index contributed by atoms with van der Waals surface area (Å²) in [7, 11) is 0. The summed E-state index contributed by atoms with van der Waals surface area (Å²) >= 11 is 3.64. The standard InChI is InChI=1S/C15H10Br.C5H5.Fe/c16-14-10-9-11-5-3-4-8-13(11)15(14)12-6-1-2-7-12;1-2-4-5-3-1;/h1-10H;1-5H;/q-1;-5;. The van der Waals surface area contributed by atoms with Gasteiger partial charge in [-0.1, -0.05) is 58.3 Å². The zero-order valence-corrected chi connectivity index (χ0v) is 14.6. The van der Waals surface area contributed by atoms with Crippen molar-refractivity contribution in [2.45, 2.75) is 0 Å². The SMILES string of the molecule is Brc1ccc2ccccc2c1-[c-]1cccc1.[Fe].[cH-]1[cH-][cH-][cH-][cH-]1. The van der Waals surface area contributed by atoms with Crippen LogP contribution in [0.1, 0.15) is 0 Å². The van der Waals surface area contributed by atoms with Gasteiger partial charge in [0.05, 0.1) is 0 Å². The monoisotopic (exact) mass is 390 g/mol. The zero-order chi connectivity index (χ0) is 14.5. The molecule has 4 aromatic rings. The summed E-state index contributed by atoms with van der Waals surface area (Å²) in [5.41, 5.74) is 2.55. The van der Waals surface area contributed by atoms with Gasteiger partial charge in [-0.15, -0.1) is 28.1 Å². The molecular formula is C20H15BrFe-6. The first-order valence-corrected chi connectivity index (χ1v) is 7.71. The molecule has 22 heavy (non-hydrogen) atoms. The topological polar surface area (TPSA) is 0 Å². The fourth-order valence-electron chi connectivity index (χ4n) is 2.40. The number of hydrogen-bond donors (Lipinski definition) is 0. The Hall–Kier alpha value is -1.60. The number of fused-ring (bicyclic) bond motifs is 1. The zero-order valence-electron chi connectivity index (χ0n) is 11.9. The van der Waals surface area contributed by atoms with Gasteiger partial charge < -0.3 is 30.3 Å². The van der Waals surface area contributed by atoms with Crippen molar-refractivity contribution in [1.29, 1.82) is 0 Å². The van der Waals surface area contributed by atoms with Crippen LogP contribution in [-0.2, 0) is 17.1 Å². The Balaban J connectivity index is 0.000000253. The second kappa shape index (κ2) is 8.14. The van der Waals surface area contributed by atoms with Gasteiger partial charge >= 0.3 is 0 Å². The molecule has 0 unspecified atom stereocenters. The van der Waals surface area contributed by atoms with Gasteiger partial charge in [-0.2, -0.15) is 12.1 Å². The molecular weight excluding hydrogens is 376 g/mol. The molecule has 4 rings (SSSR count). The quantitative estimate of drug-likeness (QED) is 0.261. The van der Waals surface area contributed by atoms with Gasteiger partial charge in [-0.3, -0.25) is 0 Å². The molecule has 0 aromatic heterocycles. The number of benzene rings is 2. The van der Waals surface area contributed by atoms with E-state index in [9.17, 15) is 0 Å². The molecule has 0 N–H and O–H groups in total. The van der Waals surface area contributed by atoms with Gasteiger partial charge in [0.25, 0.3) is 0 Å². The van der Waals surface area contributed by atoms with Crippen molar-refractivity contribution in [3.63, 3.8) is 0 Å². The van der Waals surface area contributed by atoms with Crippen LogP contribution in [0.25, 0.3) is 21.9 Å². The second-order valence-corrected chi connectivity index (χ2v) is 5.63. The predicted molar refractivity (Wildman–Crippen MR) is 94.7 cm³/mol. The maximum atomic E-state index is 3.64. The van der Waals surface area contributed by atoms with Crippen molar-refractivity contribution in [3.05, 3.63) is 95.5 Å². The Kier molecular flexibility index (Phi) is 6.21. The Bertz CT molecular complexity index is 782. The predicted octanol–water partition coefficient (Wildman–Crippen LogP) is 6.39. The largest absolute Gasteiger partial charge is 0.748 e. The first kappa shape index (κ1) is 16.8. The van der Waals surface area contributed by atoms with Gasteiger partial charge in [0.1, 0.15) is 0 Å². The third kappa shape index (κ3) is 3.78. The number of rotatable bonds is 1. The van der Waals surface area contributed by atoms with E-state index in [1.54, 1.807) is 0 Å². The van der Waals surface area contributed by atoms with Crippen molar-refractivity contribution in [3.8, 4) is 11.1 Å². The van der Waals surface area contributed by atoms with Crippen molar-refractivity contribution >= 4 is 26.7 Å². The van der Waals surface area contributed by atoms with Gasteiger partial charge in [-0.25, -0.2) is 0 Å². The first-order chi connectivity index (χ1) is 10.4. The van der Waals surface area contributed by atoms with E-state index in [-0.39, 0.29) is 17.1 Å². The van der Waals surface area contributed by atoms with Crippen LogP contribution in [-0.4, -0.2) is 0 Å². The molecule has 0 radical (unpaired) electrons. The maximum absolute atomic E-state index is 3.64. The van der Waals surface area contributed by atoms with E-state index in [0.717, 1.165) is 4.47 Å². The fraction of sp³-hybridized carbons (Fsp3) is 0. The Morgan fingerprint density at radius 3 is 1.95 bits per heavy atom. The van der Waals surface area contributed by atoms with Crippen LogP contribution in [0.15, 0.2) is 95.5 Å². The molecule has 4 aromatic carbocycles. The molecule has 0 atom stereocenters. The van der Waals surface area contributed by atoms with Crippen LogP contribution in [0.5, 0.6) is 0 Å². The molecule has 0 aliphatic heterocycles. The molecule has 0 fully saturated rings. The average molecular weight is 391 g/mol. The van der Waals surface area contributed by atoms with Gasteiger partial charge in [0.2, 0.25) is 0 Å². The van der Waals surface area contributed by atoms with E-state index >= 15 is 0 Å². The van der Waals surface area contributed by atoms with Gasteiger partial charge in [-0.05, 0) is 4.47 Å². The third-order valence-corrected chi connectivity index (χ3v) is 4.05. The fourth-order valence-corrected chi connectivity index (χ4v) is 2.97. The van der Waals surface area contributed by atoms with Gasteiger partial charge in [0.15, 0.2) is 0 Å². The average Bonchev–Trinajstić information content (AvgIpc) is 3.23. The van der Waals surface area contributed by atoms with E-state index in [1.165, 1.54) is 21.9 Å². The summed E-state index contributed by atoms with van der Waals surface area (Å²) in [6.45, 7) is 0. The van der Waals surface area contributed by atoms with Crippen LogP contribution in [0.2, 0.25) is 0 Å². The third-order valence-electron chi connectivity index (χ3n) is 3.39. The van der Waals surface area contributed by atoms with Crippen molar-refractivity contribution < 1.29 is 17.1 Å². The number of halogens is 1. The summed E-state index contributed by atoms with van der Waals surface area (Å²) in [4.78, 5) is 0. The van der Waals surface area contributed by atoms with E-state index in [1.807, 2.05) is 30.3 Å². The van der Waals surface area contributed by atoms with Crippen LogP contribution in [0.3, 0.4) is 0 Å². The summed E-state index contributed by atoms with van der Waals surface area (Å²) in [5.74, 6) is 0. The van der Waals surface area contributed by atoms with Crippen molar-refractivity contribution in [2.75, 3.05) is 0 Å². The van der Waals surface area contributed by atoms with Gasteiger partial charge in [0, 0.05) is 17.1 Å². The van der Waals surface area contributed by atoms with Crippen LogP contribution in [0.4, 0.5) is 0 Å². The summed E-state index contributed by atoms with van der Waals surface area (Å²) in [6, 6.07) is 31.2. The molecule has 0 saturated heterocycles. The smallest absolute Gasteiger partial charge is 0 e. The minimum Gasteiger partial charge on any atom is -0.748 e. The Labute approximate surface area is 150 Å². The van der Waals surface area contributed by atoms with Crippen molar-refractivity contribution in [1.82, 2.24) is 0 Å². The molecule has 0 saturated carbocycles. The van der Waals surface area contributed by atoms with E-state index in [0.29, 0.717) is 0 Å². The minimum atomic E-state index is 0. The minimum absolute atomic E-state index is 0. The van der Waals surface area contributed by atoms with Crippen molar-refractivity contribution in [2.24, 2.45) is 0 Å². The molecule has 0 heterocycles. The summed E-state index contributed by atoms with van der Waals surface area (Å²) < 4.78 is 1.15.